The summed E-state index contributed by atoms with van der Waals surface area (Å²) in [6.07, 6.45) is 1.99. The first-order chi connectivity index (χ1) is 8.14. The Bertz CT molecular complexity index is 309. The Morgan fingerprint density at radius 2 is 1.83 bits per heavy atom. The minimum atomic E-state index is -1.01. The third-order valence-electron chi connectivity index (χ3n) is 5.06. The molecule has 2 rings (SSSR count). The largest absolute Gasteiger partial charge is 0.390 e. The zero-order valence-corrected chi connectivity index (χ0v) is 12.3. The van der Waals surface area contributed by atoms with Gasteiger partial charge in [-0.1, -0.05) is 13.8 Å². The SMILES string of the molecule is CC(C)C[C@@H]1OC(C)(C)[C@H]2C[C@H]1[C@](C)(O)[C@@H](O)C2. The average Bonchev–Trinajstić information content (AvgIpc) is 2.18. The van der Waals surface area contributed by atoms with E-state index >= 15 is 0 Å². The van der Waals surface area contributed by atoms with Crippen molar-refractivity contribution in [2.24, 2.45) is 17.8 Å². The van der Waals surface area contributed by atoms with Gasteiger partial charge in [0.05, 0.1) is 23.4 Å². The van der Waals surface area contributed by atoms with Gasteiger partial charge in [-0.3, -0.25) is 0 Å². The minimum Gasteiger partial charge on any atom is -0.390 e. The molecule has 0 aromatic heterocycles. The fraction of sp³-hybridized carbons (Fsp3) is 1.00. The number of ether oxygens (including phenoxy) is 1. The molecule has 2 bridgehead atoms. The number of aliphatic hydroxyl groups excluding tert-OH is 1. The highest BCUT2D eigenvalue weighted by Crippen LogP contribution is 2.50. The predicted octanol–water partition coefficient (Wildman–Crippen LogP) is 2.35. The van der Waals surface area contributed by atoms with Crippen molar-refractivity contribution in [2.75, 3.05) is 0 Å². The van der Waals surface area contributed by atoms with Crippen LogP contribution in [0.25, 0.3) is 0 Å². The fourth-order valence-electron chi connectivity index (χ4n) is 3.74. The summed E-state index contributed by atoms with van der Waals surface area (Å²) in [5.74, 6) is 0.944. The highest BCUT2D eigenvalue weighted by molar-refractivity contribution is 5.05. The summed E-state index contributed by atoms with van der Waals surface area (Å²) in [5, 5.41) is 20.8. The summed E-state index contributed by atoms with van der Waals surface area (Å²) in [6.45, 7) is 10.4. The van der Waals surface area contributed by atoms with Crippen molar-refractivity contribution in [3.8, 4) is 0 Å². The second kappa shape index (κ2) is 4.46. The maximum atomic E-state index is 10.6. The predicted molar refractivity (Wildman–Crippen MR) is 71.3 cm³/mol. The molecule has 3 heteroatoms. The van der Waals surface area contributed by atoms with Crippen molar-refractivity contribution in [1.82, 2.24) is 0 Å². The van der Waals surface area contributed by atoms with Gasteiger partial charge in [0.25, 0.3) is 0 Å². The lowest BCUT2D eigenvalue weighted by molar-refractivity contribution is -0.261. The van der Waals surface area contributed by atoms with Gasteiger partial charge >= 0.3 is 0 Å². The fourth-order valence-corrected chi connectivity index (χ4v) is 3.74. The van der Waals surface area contributed by atoms with Gasteiger partial charge in [0, 0.05) is 5.92 Å². The first-order valence-electron chi connectivity index (χ1n) is 7.23. The molecule has 0 amide bonds. The Labute approximate surface area is 111 Å². The van der Waals surface area contributed by atoms with E-state index in [9.17, 15) is 10.2 Å². The molecule has 2 N–H and O–H groups in total. The molecule has 0 aromatic carbocycles. The van der Waals surface area contributed by atoms with Crippen molar-refractivity contribution in [3.05, 3.63) is 0 Å². The molecule has 0 unspecified atom stereocenters. The van der Waals surface area contributed by atoms with E-state index in [1.807, 2.05) is 0 Å². The molecule has 3 nitrogen and oxygen atoms in total. The van der Waals surface area contributed by atoms with E-state index in [-0.39, 0.29) is 17.6 Å². The number of fused-ring (bicyclic) bond motifs is 2. The van der Waals surface area contributed by atoms with E-state index in [2.05, 4.69) is 27.7 Å². The molecule has 1 saturated carbocycles. The summed E-state index contributed by atoms with van der Waals surface area (Å²) >= 11 is 0. The molecule has 0 spiro atoms. The Morgan fingerprint density at radius 3 is 2.39 bits per heavy atom. The summed E-state index contributed by atoms with van der Waals surface area (Å²) in [4.78, 5) is 0. The summed E-state index contributed by atoms with van der Waals surface area (Å²) in [6, 6.07) is 0. The third-order valence-corrected chi connectivity index (χ3v) is 5.06. The quantitative estimate of drug-likeness (QED) is 0.797. The average molecular weight is 256 g/mol. The molecule has 0 aromatic rings. The summed E-state index contributed by atoms with van der Waals surface area (Å²) < 4.78 is 6.26. The third kappa shape index (κ3) is 2.33. The lowest BCUT2D eigenvalue weighted by Gasteiger charge is -2.56. The molecule has 5 atom stereocenters. The van der Waals surface area contributed by atoms with Crippen LogP contribution in [0.5, 0.6) is 0 Å². The molecule has 2 aliphatic rings. The zero-order valence-electron chi connectivity index (χ0n) is 12.3. The molecular weight excluding hydrogens is 228 g/mol. The summed E-state index contributed by atoms with van der Waals surface area (Å²) in [7, 11) is 0. The normalized spacial score (nSPS) is 47.3. The number of aliphatic hydroxyl groups is 2. The Kier molecular flexibility index (Phi) is 3.54. The van der Waals surface area contributed by atoms with Crippen LogP contribution >= 0.6 is 0 Å². The van der Waals surface area contributed by atoms with Gasteiger partial charge in [-0.15, -0.1) is 0 Å². The standard InChI is InChI=1S/C15H28O3/c1-9(2)6-12-11-7-10(14(3,4)18-12)8-13(16)15(11,5)17/h9-13,16-17H,6-8H2,1-5H3/t10-,11+,12-,13-,15-/m0/s1. The van der Waals surface area contributed by atoms with E-state index in [1.54, 1.807) is 6.92 Å². The van der Waals surface area contributed by atoms with Crippen molar-refractivity contribution >= 4 is 0 Å². The van der Waals surface area contributed by atoms with Crippen LogP contribution < -0.4 is 0 Å². The van der Waals surface area contributed by atoms with E-state index in [4.69, 9.17) is 4.74 Å². The summed E-state index contributed by atoms with van der Waals surface area (Å²) in [5.41, 5.74) is -1.19. The number of rotatable bonds is 2. The van der Waals surface area contributed by atoms with Gasteiger partial charge < -0.3 is 14.9 Å². The lowest BCUT2D eigenvalue weighted by atomic mass is 9.61. The van der Waals surface area contributed by atoms with E-state index < -0.39 is 11.7 Å². The lowest BCUT2D eigenvalue weighted by Crippen LogP contribution is -2.63. The van der Waals surface area contributed by atoms with E-state index in [0.29, 0.717) is 18.3 Å². The molecule has 18 heavy (non-hydrogen) atoms. The van der Waals surface area contributed by atoms with Gasteiger partial charge in [0.1, 0.15) is 0 Å². The van der Waals surface area contributed by atoms with Crippen molar-refractivity contribution in [3.63, 3.8) is 0 Å². The van der Waals surface area contributed by atoms with Gasteiger partial charge in [0.15, 0.2) is 0 Å². The highest BCUT2D eigenvalue weighted by Gasteiger charge is 2.56. The van der Waals surface area contributed by atoms with Crippen LogP contribution in [0.4, 0.5) is 0 Å². The second-order valence-corrected chi connectivity index (χ2v) is 7.41. The molecule has 1 saturated heterocycles. The molecule has 106 valence electrons. The Morgan fingerprint density at radius 1 is 1.22 bits per heavy atom. The van der Waals surface area contributed by atoms with Gasteiger partial charge in [0.2, 0.25) is 0 Å². The molecule has 1 aliphatic heterocycles. The van der Waals surface area contributed by atoms with Crippen LogP contribution in [-0.2, 0) is 4.74 Å². The first kappa shape index (κ1) is 14.3. The molecular formula is C15H28O3. The maximum absolute atomic E-state index is 10.6. The first-order valence-corrected chi connectivity index (χ1v) is 7.23. The van der Waals surface area contributed by atoms with Gasteiger partial charge in [-0.25, -0.2) is 0 Å². The molecule has 1 aliphatic carbocycles. The van der Waals surface area contributed by atoms with Crippen LogP contribution in [0.15, 0.2) is 0 Å². The number of hydrogen-bond acceptors (Lipinski definition) is 3. The smallest absolute Gasteiger partial charge is 0.0930 e. The van der Waals surface area contributed by atoms with Crippen LogP contribution in [0.3, 0.4) is 0 Å². The van der Waals surface area contributed by atoms with Crippen molar-refractivity contribution < 1.29 is 14.9 Å². The van der Waals surface area contributed by atoms with Crippen molar-refractivity contribution in [1.29, 1.82) is 0 Å². The molecule has 2 fully saturated rings. The Hall–Kier alpha value is -0.120. The highest BCUT2D eigenvalue weighted by atomic mass is 16.5. The van der Waals surface area contributed by atoms with E-state index in [1.165, 1.54) is 0 Å². The topological polar surface area (TPSA) is 49.7 Å². The van der Waals surface area contributed by atoms with Crippen LogP contribution in [0, 0.1) is 17.8 Å². The van der Waals surface area contributed by atoms with E-state index in [0.717, 1.165) is 12.8 Å². The second-order valence-electron chi connectivity index (χ2n) is 7.41. The van der Waals surface area contributed by atoms with Crippen LogP contribution in [0.1, 0.15) is 53.9 Å². The Balaban J connectivity index is 2.26. The number of hydrogen-bond donors (Lipinski definition) is 2. The van der Waals surface area contributed by atoms with Gasteiger partial charge in [-0.2, -0.15) is 0 Å². The molecule has 0 radical (unpaired) electrons. The molecule has 1 heterocycles. The maximum Gasteiger partial charge on any atom is 0.0930 e. The van der Waals surface area contributed by atoms with Crippen molar-refractivity contribution in [2.45, 2.75) is 77.3 Å². The monoisotopic (exact) mass is 256 g/mol. The van der Waals surface area contributed by atoms with Gasteiger partial charge in [-0.05, 0) is 51.9 Å². The zero-order chi connectivity index (χ0) is 13.7. The van der Waals surface area contributed by atoms with Crippen LogP contribution in [0.2, 0.25) is 0 Å². The van der Waals surface area contributed by atoms with Crippen LogP contribution in [-0.4, -0.2) is 33.6 Å². The minimum absolute atomic E-state index is 0.0567.